The number of fused-ring (bicyclic) bond motifs is 1. The van der Waals surface area contributed by atoms with Gasteiger partial charge in [-0.1, -0.05) is 32.9 Å². The van der Waals surface area contributed by atoms with Gasteiger partial charge in [-0.15, -0.1) is 0 Å². The van der Waals surface area contributed by atoms with Crippen LogP contribution in [0.15, 0.2) is 24.3 Å². The molecule has 5 nitrogen and oxygen atoms in total. The molecule has 0 aliphatic heterocycles. The summed E-state index contributed by atoms with van der Waals surface area (Å²) in [4.78, 5) is 16.5. The van der Waals surface area contributed by atoms with Crippen LogP contribution in [0.3, 0.4) is 0 Å². The number of aryl methyl sites for hydroxylation is 1. The maximum Gasteiger partial charge on any atom is 0.237 e. The van der Waals surface area contributed by atoms with Gasteiger partial charge in [-0.2, -0.15) is 0 Å². The number of hydrogen-bond donors (Lipinski definition) is 2. The highest BCUT2D eigenvalue weighted by atomic mass is 16.2. The van der Waals surface area contributed by atoms with Gasteiger partial charge in [-0.3, -0.25) is 4.79 Å². The Labute approximate surface area is 125 Å². The largest absolute Gasteiger partial charge is 0.353 e. The number of imidazole rings is 1. The highest BCUT2D eigenvalue weighted by Gasteiger charge is 2.27. The molecule has 1 atom stereocenters. The second-order valence-electron chi connectivity index (χ2n) is 6.43. The van der Waals surface area contributed by atoms with Crippen molar-refractivity contribution >= 4 is 16.9 Å². The Hall–Kier alpha value is -1.88. The molecular weight excluding hydrogens is 264 g/mol. The lowest BCUT2D eigenvalue weighted by Crippen LogP contribution is -2.49. The molecule has 3 N–H and O–H groups in total. The zero-order valence-corrected chi connectivity index (χ0v) is 13.2. The molecule has 21 heavy (non-hydrogen) atoms. The van der Waals surface area contributed by atoms with E-state index in [9.17, 15) is 4.79 Å². The Balaban J connectivity index is 2.00. The standard InChI is InChI=1S/C16H24N4O/c1-11-19-12-7-5-6-8-13(12)20(11)10-9-18-15(21)14(17)16(2,3)4/h5-8,14H,9-10,17H2,1-4H3,(H,18,21)/t14-/m1/s1. The van der Waals surface area contributed by atoms with Crippen LogP contribution in [0.2, 0.25) is 0 Å². The van der Waals surface area contributed by atoms with Gasteiger partial charge >= 0.3 is 0 Å². The number of rotatable bonds is 4. The van der Waals surface area contributed by atoms with Gasteiger partial charge in [0.25, 0.3) is 0 Å². The number of amides is 1. The molecule has 1 amide bonds. The van der Waals surface area contributed by atoms with Crippen molar-refractivity contribution in [2.75, 3.05) is 6.54 Å². The van der Waals surface area contributed by atoms with E-state index in [4.69, 9.17) is 5.73 Å². The van der Waals surface area contributed by atoms with E-state index >= 15 is 0 Å². The molecule has 0 unspecified atom stereocenters. The summed E-state index contributed by atoms with van der Waals surface area (Å²) in [6.45, 7) is 9.10. The van der Waals surface area contributed by atoms with Crippen LogP contribution < -0.4 is 11.1 Å². The quantitative estimate of drug-likeness (QED) is 0.901. The third-order valence-corrected chi connectivity index (χ3v) is 3.70. The molecule has 2 aromatic rings. The van der Waals surface area contributed by atoms with Crippen molar-refractivity contribution in [1.82, 2.24) is 14.9 Å². The fraction of sp³-hybridized carbons (Fsp3) is 0.500. The zero-order chi connectivity index (χ0) is 15.6. The Bertz CT molecular complexity index is 639. The molecule has 0 aliphatic carbocycles. The van der Waals surface area contributed by atoms with E-state index in [1.54, 1.807) is 0 Å². The van der Waals surface area contributed by atoms with Crippen LogP contribution in [0, 0.1) is 12.3 Å². The number of benzene rings is 1. The minimum absolute atomic E-state index is 0.107. The number of nitrogens with two attached hydrogens (primary N) is 1. The minimum atomic E-state index is -0.502. The average molecular weight is 288 g/mol. The predicted octanol–water partition coefficient (Wildman–Crippen LogP) is 1.83. The molecule has 0 saturated heterocycles. The summed E-state index contributed by atoms with van der Waals surface area (Å²) in [6.07, 6.45) is 0. The van der Waals surface area contributed by atoms with E-state index in [1.165, 1.54) is 0 Å². The van der Waals surface area contributed by atoms with Crippen molar-refractivity contribution in [2.45, 2.75) is 40.3 Å². The van der Waals surface area contributed by atoms with Gasteiger partial charge in [-0.05, 0) is 24.5 Å². The summed E-state index contributed by atoms with van der Waals surface area (Å²) in [5, 5.41) is 2.91. The highest BCUT2D eigenvalue weighted by Crippen LogP contribution is 2.17. The van der Waals surface area contributed by atoms with Gasteiger partial charge < -0.3 is 15.6 Å². The van der Waals surface area contributed by atoms with Gasteiger partial charge in [0.1, 0.15) is 5.82 Å². The summed E-state index contributed by atoms with van der Waals surface area (Å²) in [7, 11) is 0. The SMILES string of the molecule is Cc1nc2ccccc2n1CCNC(=O)[C@@H](N)C(C)(C)C. The first-order valence-electron chi connectivity index (χ1n) is 7.26. The number of carbonyl (C=O) groups excluding carboxylic acids is 1. The lowest BCUT2D eigenvalue weighted by Gasteiger charge is -2.25. The van der Waals surface area contributed by atoms with Crippen molar-refractivity contribution in [3.05, 3.63) is 30.1 Å². The highest BCUT2D eigenvalue weighted by molar-refractivity contribution is 5.82. The second-order valence-corrected chi connectivity index (χ2v) is 6.43. The van der Waals surface area contributed by atoms with Crippen LogP contribution in [-0.4, -0.2) is 28.0 Å². The number of para-hydroxylation sites is 2. The van der Waals surface area contributed by atoms with Gasteiger partial charge in [0, 0.05) is 13.1 Å². The number of hydrogen-bond acceptors (Lipinski definition) is 3. The van der Waals surface area contributed by atoms with E-state index in [0.717, 1.165) is 16.9 Å². The van der Waals surface area contributed by atoms with Crippen molar-refractivity contribution < 1.29 is 4.79 Å². The van der Waals surface area contributed by atoms with Gasteiger partial charge in [0.15, 0.2) is 0 Å². The molecule has 0 saturated carbocycles. The summed E-state index contributed by atoms with van der Waals surface area (Å²) in [6, 6.07) is 7.50. The lowest BCUT2D eigenvalue weighted by molar-refractivity contribution is -0.124. The smallest absolute Gasteiger partial charge is 0.237 e. The van der Waals surface area contributed by atoms with E-state index in [1.807, 2.05) is 52.0 Å². The summed E-state index contributed by atoms with van der Waals surface area (Å²) in [5.41, 5.74) is 7.78. The number of aromatic nitrogens is 2. The van der Waals surface area contributed by atoms with E-state index in [0.29, 0.717) is 13.1 Å². The Morgan fingerprint density at radius 2 is 2.05 bits per heavy atom. The third-order valence-electron chi connectivity index (χ3n) is 3.70. The normalized spacial score (nSPS) is 13.4. The van der Waals surface area contributed by atoms with Crippen LogP contribution in [0.5, 0.6) is 0 Å². The molecule has 1 aromatic carbocycles. The minimum Gasteiger partial charge on any atom is -0.353 e. The second kappa shape index (κ2) is 5.85. The first-order chi connectivity index (χ1) is 9.80. The molecule has 5 heteroatoms. The molecule has 0 aliphatic rings. The van der Waals surface area contributed by atoms with Crippen molar-refractivity contribution in [3.63, 3.8) is 0 Å². The van der Waals surface area contributed by atoms with Crippen molar-refractivity contribution in [3.8, 4) is 0 Å². The van der Waals surface area contributed by atoms with Crippen molar-refractivity contribution in [1.29, 1.82) is 0 Å². The van der Waals surface area contributed by atoms with E-state index in [2.05, 4.69) is 14.9 Å². The van der Waals surface area contributed by atoms with Crippen molar-refractivity contribution in [2.24, 2.45) is 11.1 Å². The fourth-order valence-corrected chi connectivity index (χ4v) is 2.27. The molecule has 0 spiro atoms. The van der Waals surface area contributed by atoms with Crippen LogP contribution in [0.1, 0.15) is 26.6 Å². The van der Waals surface area contributed by atoms with Gasteiger partial charge in [-0.25, -0.2) is 4.98 Å². The fourth-order valence-electron chi connectivity index (χ4n) is 2.27. The lowest BCUT2D eigenvalue weighted by atomic mass is 9.87. The number of nitrogens with one attached hydrogen (secondary N) is 1. The topological polar surface area (TPSA) is 72.9 Å². The molecule has 0 fully saturated rings. The first kappa shape index (κ1) is 15.5. The van der Waals surface area contributed by atoms with Crippen LogP contribution in [-0.2, 0) is 11.3 Å². The Morgan fingerprint density at radius 1 is 1.38 bits per heavy atom. The van der Waals surface area contributed by atoms with Gasteiger partial charge in [0.05, 0.1) is 17.1 Å². The molecule has 0 radical (unpaired) electrons. The molecule has 2 rings (SSSR count). The molecule has 1 aromatic heterocycles. The Kier molecular flexibility index (Phi) is 4.32. The maximum atomic E-state index is 12.0. The monoisotopic (exact) mass is 288 g/mol. The molecule has 114 valence electrons. The van der Waals surface area contributed by atoms with E-state index < -0.39 is 6.04 Å². The van der Waals surface area contributed by atoms with E-state index in [-0.39, 0.29) is 11.3 Å². The molecule has 0 bridgehead atoms. The van der Waals surface area contributed by atoms with Crippen LogP contribution >= 0.6 is 0 Å². The average Bonchev–Trinajstić information content (AvgIpc) is 2.73. The summed E-state index contributed by atoms with van der Waals surface area (Å²) in [5.74, 6) is 0.843. The van der Waals surface area contributed by atoms with Gasteiger partial charge in [0.2, 0.25) is 5.91 Å². The number of carbonyl (C=O) groups is 1. The first-order valence-corrected chi connectivity index (χ1v) is 7.26. The molecule has 1 heterocycles. The summed E-state index contributed by atoms with van der Waals surface area (Å²) >= 11 is 0. The predicted molar refractivity (Wildman–Crippen MR) is 84.9 cm³/mol. The van der Waals surface area contributed by atoms with Crippen LogP contribution in [0.4, 0.5) is 0 Å². The maximum absolute atomic E-state index is 12.0. The molecular formula is C16H24N4O. The third kappa shape index (κ3) is 3.42. The van der Waals surface area contributed by atoms with Crippen LogP contribution in [0.25, 0.3) is 11.0 Å². The zero-order valence-electron chi connectivity index (χ0n) is 13.2. The number of nitrogens with zero attached hydrogens (tertiary/aromatic N) is 2. The summed E-state index contributed by atoms with van der Waals surface area (Å²) < 4.78 is 2.11. The Morgan fingerprint density at radius 3 is 2.71 bits per heavy atom.